The van der Waals surface area contributed by atoms with Crippen molar-refractivity contribution in [2.24, 2.45) is 0 Å². The molecule has 0 radical (unpaired) electrons. The fraction of sp³-hybridized carbons (Fsp3) is 0.333. The van der Waals surface area contributed by atoms with Crippen LogP contribution in [0.1, 0.15) is 22.3 Å². The Hall–Kier alpha value is -1.16. The third-order valence-corrected chi connectivity index (χ3v) is 4.78. The molecule has 1 N–H and O–H groups in total. The summed E-state index contributed by atoms with van der Waals surface area (Å²) in [6.45, 7) is 4.05. The molecule has 110 valence electrons. The van der Waals surface area contributed by atoms with Crippen LogP contribution >= 0.6 is 15.9 Å². The molecular formula is C18H21BrN2. The van der Waals surface area contributed by atoms with Gasteiger partial charge in [0.1, 0.15) is 0 Å². The van der Waals surface area contributed by atoms with Gasteiger partial charge in [-0.25, -0.2) is 0 Å². The molecule has 1 aliphatic rings. The van der Waals surface area contributed by atoms with Crippen LogP contribution in [0.15, 0.2) is 46.9 Å². The summed E-state index contributed by atoms with van der Waals surface area (Å²) in [7, 11) is 2.18. The molecule has 3 heteroatoms. The Morgan fingerprint density at radius 3 is 2.81 bits per heavy atom. The normalized spacial score (nSPS) is 14.2. The first-order chi connectivity index (χ1) is 10.2. The standard InChI is InChI=1S/C18H21BrN2/c1-21(13-16-4-2-3-5-18(16)19)12-14-6-7-15-8-9-20-11-17(15)10-14/h2-7,10,20H,8-9,11-13H2,1H3. The van der Waals surface area contributed by atoms with Gasteiger partial charge in [0.15, 0.2) is 0 Å². The molecule has 21 heavy (non-hydrogen) atoms. The van der Waals surface area contributed by atoms with E-state index in [9.17, 15) is 0 Å². The summed E-state index contributed by atoms with van der Waals surface area (Å²) in [5, 5.41) is 3.45. The second kappa shape index (κ2) is 6.73. The van der Waals surface area contributed by atoms with Crippen molar-refractivity contribution in [1.29, 1.82) is 0 Å². The Morgan fingerprint density at radius 2 is 1.95 bits per heavy atom. The lowest BCUT2D eigenvalue weighted by atomic mass is 9.98. The number of benzene rings is 2. The van der Waals surface area contributed by atoms with E-state index in [0.717, 1.165) is 32.6 Å². The van der Waals surface area contributed by atoms with Crippen LogP contribution in [-0.4, -0.2) is 18.5 Å². The fourth-order valence-corrected chi connectivity index (χ4v) is 3.33. The van der Waals surface area contributed by atoms with Gasteiger partial charge in [-0.2, -0.15) is 0 Å². The molecule has 0 fully saturated rings. The molecule has 2 nitrogen and oxygen atoms in total. The van der Waals surface area contributed by atoms with E-state index in [-0.39, 0.29) is 0 Å². The minimum Gasteiger partial charge on any atom is -0.312 e. The Labute approximate surface area is 135 Å². The first kappa shape index (κ1) is 14.8. The van der Waals surface area contributed by atoms with Crippen molar-refractivity contribution in [3.05, 3.63) is 69.2 Å². The van der Waals surface area contributed by atoms with Crippen LogP contribution in [0.3, 0.4) is 0 Å². The predicted octanol–water partition coefficient (Wildman–Crippen LogP) is 3.73. The Morgan fingerprint density at radius 1 is 1.10 bits per heavy atom. The van der Waals surface area contributed by atoms with E-state index in [1.54, 1.807) is 0 Å². The van der Waals surface area contributed by atoms with Crippen LogP contribution in [0.2, 0.25) is 0 Å². The highest BCUT2D eigenvalue weighted by Crippen LogP contribution is 2.20. The lowest BCUT2D eigenvalue weighted by Crippen LogP contribution is -2.24. The van der Waals surface area contributed by atoms with Gasteiger partial charge >= 0.3 is 0 Å². The second-order valence-corrected chi connectivity index (χ2v) is 6.65. The Bertz CT molecular complexity index is 624. The van der Waals surface area contributed by atoms with E-state index < -0.39 is 0 Å². The number of rotatable bonds is 4. The number of hydrogen-bond donors (Lipinski definition) is 1. The number of halogens is 1. The zero-order valence-corrected chi connectivity index (χ0v) is 14.0. The molecule has 2 aromatic rings. The maximum absolute atomic E-state index is 3.62. The molecule has 1 heterocycles. The van der Waals surface area contributed by atoms with Crippen LogP contribution in [0, 0.1) is 0 Å². The minimum absolute atomic E-state index is 0.955. The number of nitrogens with zero attached hydrogens (tertiary/aromatic N) is 1. The average molecular weight is 345 g/mol. The van der Waals surface area contributed by atoms with Crippen LogP contribution in [0.4, 0.5) is 0 Å². The van der Waals surface area contributed by atoms with Gasteiger partial charge < -0.3 is 5.32 Å². The maximum atomic E-state index is 3.62. The van der Waals surface area contributed by atoms with E-state index in [2.05, 4.69) is 75.7 Å². The van der Waals surface area contributed by atoms with Gasteiger partial charge in [0.2, 0.25) is 0 Å². The summed E-state index contributed by atoms with van der Waals surface area (Å²) < 4.78 is 1.19. The average Bonchev–Trinajstić information content (AvgIpc) is 2.49. The summed E-state index contributed by atoms with van der Waals surface area (Å²) in [4.78, 5) is 2.36. The van der Waals surface area contributed by atoms with Crippen LogP contribution in [-0.2, 0) is 26.1 Å². The first-order valence-corrected chi connectivity index (χ1v) is 8.25. The molecule has 0 saturated carbocycles. The number of hydrogen-bond acceptors (Lipinski definition) is 2. The van der Waals surface area contributed by atoms with E-state index >= 15 is 0 Å². The monoisotopic (exact) mass is 344 g/mol. The lowest BCUT2D eigenvalue weighted by Gasteiger charge is -2.21. The topological polar surface area (TPSA) is 15.3 Å². The SMILES string of the molecule is CN(Cc1ccc2c(c1)CNCC2)Cc1ccccc1Br. The van der Waals surface area contributed by atoms with Gasteiger partial charge in [0.05, 0.1) is 0 Å². The molecule has 0 amide bonds. The first-order valence-electron chi connectivity index (χ1n) is 7.46. The van der Waals surface area contributed by atoms with Gasteiger partial charge in [-0.05, 0) is 48.3 Å². The summed E-state index contributed by atoms with van der Waals surface area (Å²) in [5.74, 6) is 0. The van der Waals surface area contributed by atoms with Gasteiger partial charge in [-0.1, -0.05) is 52.3 Å². The third kappa shape index (κ3) is 3.73. The lowest BCUT2D eigenvalue weighted by molar-refractivity contribution is 0.318. The highest BCUT2D eigenvalue weighted by atomic mass is 79.9. The van der Waals surface area contributed by atoms with Crippen molar-refractivity contribution in [3.63, 3.8) is 0 Å². The Kier molecular flexibility index (Phi) is 4.73. The van der Waals surface area contributed by atoms with Gasteiger partial charge in [0.25, 0.3) is 0 Å². The Balaban J connectivity index is 1.67. The highest BCUT2D eigenvalue weighted by molar-refractivity contribution is 9.10. The van der Waals surface area contributed by atoms with Crippen molar-refractivity contribution >= 4 is 15.9 Å². The second-order valence-electron chi connectivity index (χ2n) is 5.79. The van der Waals surface area contributed by atoms with Gasteiger partial charge in [0, 0.05) is 24.1 Å². The van der Waals surface area contributed by atoms with Crippen LogP contribution < -0.4 is 5.32 Å². The van der Waals surface area contributed by atoms with E-state index in [4.69, 9.17) is 0 Å². The molecule has 0 bridgehead atoms. The minimum atomic E-state index is 0.955. The molecule has 0 unspecified atom stereocenters. The molecule has 0 atom stereocenters. The van der Waals surface area contributed by atoms with Crippen molar-refractivity contribution in [1.82, 2.24) is 10.2 Å². The summed E-state index contributed by atoms with van der Waals surface area (Å²) in [6.07, 6.45) is 1.16. The number of fused-ring (bicyclic) bond motifs is 1. The maximum Gasteiger partial charge on any atom is 0.0245 e. The largest absolute Gasteiger partial charge is 0.312 e. The smallest absolute Gasteiger partial charge is 0.0245 e. The zero-order chi connectivity index (χ0) is 14.7. The molecule has 0 saturated heterocycles. The molecule has 0 aliphatic carbocycles. The molecule has 3 rings (SSSR count). The molecule has 0 spiro atoms. The highest BCUT2D eigenvalue weighted by Gasteiger charge is 2.10. The van der Waals surface area contributed by atoms with E-state index in [0.29, 0.717) is 0 Å². The zero-order valence-electron chi connectivity index (χ0n) is 12.4. The summed E-state index contributed by atoms with van der Waals surface area (Å²) >= 11 is 3.62. The van der Waals surface area contributed by atoms with Crippen molar-refractivity contribution in [2.45, 2.75) is 26.1 Å². The molecular weight excluding hydrogens is 324 g/mol. The van der Waals surface area contributed by atoms with Gasteiger partial charge in [-0.3, -0.25) is 4.90 Å². The fourth-order valence-electron chi connectivity index (χ4n) is 2.92. The van der Waals surface area contributed by atoms with Gasteiger partial charge in [-0.15, -0.1) is 0 Å². The van der Waals surface area contributed by atoms with E-state index in [1.807, 2.05) is 0 Å². The van der Waals surface area contributed by atoms with E-state index in [1.165, 1.54) is 26.7 Å². The molecule has 0 aromatic heterocycles. The van der Waals surface area contributed by atoms with Crippen molar-refractivity contribution in [3.8, 4) is 0 Å². The summed E-state index contributed by atoms with van der Waals surface area (Å²) in [6, 6.07) is 15.4. The summed E-state index contributed by atoms with van der Waals surface area (Å²) in [5.41, 5.74) is 5.70. The molecule has 2 aromatic carbocycles. The quantitative estimate of drug-likeness (QED) is 0.909. The van der Waals surface area contributed by atoms with Crippen LogP contribution in [0.25, 0.3) is 0 Å². The van der Waals surface area contributed by atoms with Crippen LogP contribution in [0.5, 0.6) is 0 Å². The molecule has 1 aliphatic heterocycles. The van der Waals surface area contributed by atoms with Crippen molar-refractivity contribution in [2.75, 3.05) is 13.6 Å². The van der Waals surface area contributed by atoms with Crippen molar-refractivity contribution < 1.29 is 0 Å². The third-order valence-electron chi connectivity index (χ3n) is 4.01. The number of nitrogens with one attached hydrogen (secondary N) is 1. The predicted molar refractivity (Wildman–Crippen MR) is 91.2 cm³/mol.